The van der Waals surface area contributed by atoms with Gasteiger partial charge < -0.3 is 0 Å². The van der Waals surface area contributed by atoms with Gasteiger partial charge in [0.05, 0.1) is 17.3 Å². The van der Waals surface area contributed by atoms with E-state index in [-0.39, 0.29) is 35.5 Å². The van der Waals surface area contributed by atoms with Gasteiger partial charge in [-0.3, -0.25) is 9.52 Å². The number of carbonyl (C=O) groups is 1. The van der Waals surface area contributed by atoms with E-state index in [4.69, 9.17) is 0 Å². The standard InChI is InChI=1S/C13H23NO5S2/c15-13(8-12-6-7-20(16,17)9-12)14-21(18,19)10-11-4-2-1-3-5-11/h11-12H,1-10H2,(H,14,15). The van der Waals surface area contributed by atoms with E-state index in [9.17, 15) is 21.6 Å². The minimum Gasteiger partial charge on any atom is -0.274 e. The number of hydrogen-bond donors (Lipinski definition) is 1. The molecule has 2 aliphatic rings. The van der Waals surface area contributed by atoms with E-state index in [1.165, 1.54) is 0 Å². The fraction of sp³-hybridized carbons (Fsp3) is 0.923. The van der Waals surface area contributed by atoms with E-state index in [0.717, 1.165) is 32.1 Å². The Bertz CT molecular complexity index is 576. The van der Waals surface area contributed by atoms with Gasteiger partial charge in [-0.05, 0) is 31.1 Å². The summed E-state index contributed by atoms with van der Waals surface area (Å²) < 4.78 is 48.7. The van der Waals surface area contributed by atoms with Crippen LogP contribution in [0.15, 0.2) is 0 Å². The topological polar surface area (TPSA) is 97.4 Å². The zero-order valence-electron chi connectivity index (χ0n) is 12.1. The molecule has 1 aliphatic carbocycles. The van der Waals surface area contributed by atoms with Crippen molar-refractivity contribution in [1.82, 2.24) is 4.72 Å². The molecular formula is C13H23NO5S2. The molecular weight excluding hydrogens is 314 g/mol. The Hall–Kier alpha value is -0.630. The highest BCUT2D eigenvalue weighted by Gasteiger charge is 2.30. The van der Waals surface area contributed by atoms with Crippen LogP contribution < -0.4 is 4.72 Å². The SMILES string of the molecule is O=C(CC1CCS(=O)(=O)C1)NS(=O)(=O)CC1CCCCC1. The Balaban J connectivity index is 1.80. The number of carbonyl (C=O) groups excluding carboxylic acids is 1. The fourth-order valence-corrected chi connectivity index (χ4v) is 6.55. The van der Waals surface area contributed by atoms with Gasteiger partial charge in [-0.15, -0.1) is 0 Å². The molecule has 0 radical (unpaired) electrons. The minimum absolute atomic E-state index is 0.00169. The van der Waals surface area contributed by atoms with Crippen molar-refractivity contribution in [3.8, 4) is 0 Å². The van der Waals surface area contributed by atoms with E-state index < -0.39 is 25.8 Å². The first kappa shape index (κ1) is 16.7. The average molecular weight is 337 g/mol. The van der Waals surface area contributed by atoms with Crippen molar-refractivity contribution < 1.29 is 21.6 Å². The third-order valence-corrected chi connectivity index (χ3v) is 7.54. The summed E-state index contributed by atoms with van der Waals surface area (Å²) in [5, 5.41) is 0. The lowest BCUT2D eigenvalue weighted by atomic mass is 9.91. The lowest BCUT2D eigenvalue weighted by Crippen LogP contribution is -2.36. The lowest BCUT2D eigenvalue weighted by molar-refractivity contribution is -0.120. The molecule has 0 bridgehead atoms. The van der Waals surface area contributed by atoms with Gasteiger partial charge in [0.25, 0.3) is 0 Å². The van der Waals surface area contributed by atoms with E-state index >= 15 is 0 Å². The number of hydrogen-bond acceptors (Lipinski definition) is 5. The number of amides is 1. The monoisotopic (exact) mass is 337 g/mol. The Kier molecular flexibility index (Phi) is 5.29. The van der Waals surface area contributed by atoms with Gasteiger partial charge in [0.15, 0.2) is 9.84 Å². The minimum atomic E-state index is -3.60. The zero-order chi connectivity index (χ0) is 15.5. The molecule has 6 nitrogen and oxygen atoms in total. The molecule has 1 heterocycles. The third-order valence-electron chi connectivity index (χ3n) is 4.25. The van der Waals surface area contributed by atoms with Crippen LogP contribution in [0, 0.1) is 11.8 Å². The van der Waals surface area contributed by atoms with Gasteiger partial charge in [-0.2, -0.15) is 0 Å². The quantitative estimate of drug-likeness (QED) is 0.801. The molecule has 1 N–H and O–H groups in total. The van der Waals surface area contributed by atoms with Gasteiger partial charge in [0.1, 0.15) is 0 Å². The van der Waals surface area contributed by atoms with Crippen LogP contribution >= 0.6 is 0 Å². The van der Waals surface area contributed by atoms with Gasteiger partial charge in [0, 0.05) is 6.42 Å². The average Bonchev–Trinajstić information content (AvgIpc) is 2.68. The van der Waals surface area contributed by atoms with Crippen molar-refractivity contribution in [2.75, 3.05) is 17.3 Å². The van der Waals surface area contributed by atoms with E-state index in [0.29, 0.717) is 6.42 Å². The summed E-state index contributed by atoms with van der Waals surface area (Å²) in [5.41, 5.74) is 0. The second-order valence-electron chi connectivity index (χ2n) is 6.28. The molecule has 0 aromatic rings. The number of sulfonamides is 1. The predicted octanol–water partition coefficient (Wildman–Crippen LogP) is 0.837. The zero-order valence-corrected chi connectivity index (χ0v) is 13.7. The van der Waals surface area contributed by atoms with Crippen LogP contribution in [0.25, 0.3) is 0 Å². The Morgan fingerprint density at radius 2 is 1.71 bits per heavy atom. The first-order valence-corrected chi connectivity index (χ1v) is 11.0. The van der Waals surface area contributed by atoms with Crippen LogP contribution in [-0.2, 0) is 24.7 Å². The summed E-state index contributed by atoms with van der Waals surface area (Å²) in [7, 11) is -6.64. The molecule has 2 rings (SSSR count). The molecule has 1 atom stereocenters. The molecule has 0 aromatic carbocycles. The Morgan fingerprint density at radius 3 is 2.29 bits per heavy atom. The molecule has 0 spiro atoms. The molecule has 1 saturated carbocycles. The second-order valence-corrected chi connectivity index (χ2v) is 10.3. The first-order chi connectivity index (χ1) is 9.76. The second kappa shape index (κ2) is 6.64. The van der Waals surface area contributed by atoms with Gasteiger partial charge in [-0.1, -0.05) is 19.3 Å². The molecule has 1 amide bonds. The van der Waals surface area contributed by atoms with Crippen LogP contribution in [0.5, 0.6) is 0 Å². The van der Waals surface area contributed by atoms with E-state index in [2.05, 4.69) is 4.72 Å². The smallest absolute Gasteiger partial charge is 0.235 e. The number of nitrogens with one attached hydrogen (secondary N) is 1. The van der Waals surface area contributed by atoms with Crippen LogP contribution in [0.1, 0.15) is 44.9 Å². The van der Waals surface area contributed by atoms with Crippen LogP contribution in [0.4, 0.5) is 0 Å². The van der Waals surface area contributed by atoms with E-state index in [1.54, 1.807) is 0 Å². The Labute approximate surface area is 126 Å². The molecule has 122 valence electrons. The van der Waals surface area contributed by atoms with Gasteiger partial charge >= 0.3 is 0 Å². The Morgan fingerprint density at radius 1 is 1.05 bits per heavy atom. The van der Waals surface area contributed by atoms with Crippen molar-refractivity contribution in [2.24, 2.45) is 11.8 Å². The summed E-state index contributed by atoms with van der Waals surface area (Å²) >= 11 is 0. The largest absolute Gasteiger partial charge is 0.274 e. The lowest BCUT2D eigenvalue weighted by Gasteiger charge is -2.21. The van der Waals surface area contributed by atoms with Crippen molar-refractivity contribution in [2.45, 2.75) is 44.9 Å². The van der Waals surface area contributed by atoms with Crippen molar-refractivity contribution in [3.63, 3.8) is 0 Å². The summed E-state index contributed by atoms with van der Waals surface area (Å²) in [5.74, 6) is -0.603. The van der Waals surface area contributed by atoms with Gasteiger partial charge in [-0.25, -0.2) is 16.8 Å². The summed E-state index contributed by atoms with van der Waals surface area (Å²) in [4.78, 5) is 11.8. The van der Waals surface area contributed by atoms with Crippen LogP contribution in [0.2, 0.25) is 0 Å². The molecule has 0 aromatic heterocycles. The third kappa shape index (κ3) is 5.58. The molecule has 2 fully saturated rings. The van der Waals surface area contributed by atoms with Crippen molar-refractivity contribution in [1.29, 1.82) is 0 Å². The number of sulfone groups is 1. The van der Waals surface area contributed by atoms with Crippen LogP contribution in [0.3, 0.4) is 0 Å². The maximum Gasteiger partial charge on any atom is 0.235 e. The summed E-state index contributed by atoms with van der Waals surface area (Å²) in [6.07, 6.45) is 5.47. The highest BCUT2D eigenvalue weighted by Crippen LogP contribution is 2.25. The van der Waals surface area contributed by atoms with E-state index in [1.807, 2.05) is 0 Å². The molecule has 1 saturated heterocycles. The van der Waals surface area contributed by atoms with Gasteiger partial charge in [0.2, 0.25) is 15.9 Å². The first-order valence-electron chi connectivity index (χ1n) is 7.49. The maximum atomic E-state index is 12.0. The van der Waals surface area contributed by atoms with Crippen molar-refractivity contribution >= 4 is 25.8 Å². The molecule has 8 heteroatoms. The highest BCUT2D eigenvalue weighted by atomic mass is 32.2. The predicted molar refractivity (Wildman–Crippen MR) is 79.9 cm³/mol. The fourth-order valence-electron chi connectivity index (χ4n) is 3.22. The molecule has 1 aliphatic heterocycles. The molecule has 1 unspecified atom stereocenters. The maximum absolute atomic E-state index is 12.0. The summed E-state index contributed by atoms with van der Waals surface area (Å²) in [6.45, 7) is 0. The van der Waals surface area contributed by atoms with Crippen LogP contribution in [-0.4, -0.2) is 40.0 Å². The molecule has 21 heavy (non-hydrogen) atoms. The van der Waals surface area contributed by atoms with Crippen molar-refractivity contribution in [3.05, 3.63) is 0 Å². The summed E-state index contributed by atoms with van der Waals surface area (Å²) in [6, 6.07) is 0. The number of rotatable bonds is 5. The highest BCUT2D eigenvalue weighted by molar-refractivity contribution is 7.91. The normalized spacial score (nSPS) is 26.6.